The normalized spacial score (nSPS) is 18.4. The van der Waals surface area contributed by atoms with Gasteiger partial charge in [-0.3, -0.25) is 9.59 Å². The monoisotopic (exact) mass is 346 g/mol. The van der Waals surface area contributed by atoms with Crippen LogP contribution in [0.2, 0.25) is 0 Å². The number of carbonyl (C=O) groups is 3. The zero-order chi connectivity index (χ0) is 18.4. The van der Waals surface area contributed by atoms with Gasteiger partial charge in [0.2, 0.25) is 5.91 Å². The molecule has 2 atom stereocenters. The van der Waals surface area contributed by atoms with Gasteiger partial charge in [-0.15, -0.1) is 0 Å². The minimum absolute atomic E-state index is 0.0593. The van der Waals surface area contributed by atoms with E-state index in [1.54, 1.807) is 18.7 Å². The number of carbonyl (C=O) groups excluding carboxylic acids is 3. The molecule has 25 heavy (non-hydrogen) atoms. The topological polar surface area (TPSA) is 75.7 Å². The number of amides is 2. The molecule has 1 fully saturated rings. The molecule has 0 aromatic heterocycles. The van der Waals surface area contributed by atoms with E-state index in [0.717, 1.165) is 12.0 Å². The summed E-state index contributed by atoms with van der Waals surface area (Å²) in [5.41, 5.74) is 1.73. The molecule has 0 aliphatic carbocycles. The smallest absolute Gasteiger partial charge is 0.328 e. The third-order valence-electron chi connectivity index (χ3n) is 4.38. The molecule has 6 heteroatoms. The van der Waals surface area contributed by atoms with Gasteiger partial charge >= 0.3 is 5.97 Å². The average Bonchev–Trinajstić information content (AvgIpc) is 2.62. The fourth-order valence-electron chi connectivity index (χ4n) is 2.91. The van der Waals surface area contributed by atoms with E-state index < -0.39 is 12.0 Å². The van der Waals surface area contributed by atoms with E-state index >= 15 is 0 Å². The largest absolute Gasteiger partial charge is 0.464 e. The Morgan fingerprint density at radius 1 is 1.28 bits per heavy atom. The van der Waals surface area contributed by atoms with Crippen molar-refractivity contribution in [2.45, 2.75) is 39.7 Å². The Morgan fingerprint density at radius 2 is 1.96 bits per heavy atom. The number of nitrogens with zero attached hydrogens (tertiary/aromatic N) is 1. The lowest BCUT2D eigenvalue weighted by atomic mass is 9.96. The molecule has 1 aromatic carbocycles. The van der Waals surface area contributed by atoms with E-state index in [0.29, 0.717) is 25.1 Å². The number of nitrogens with one attached hydrogen (secondary N) is 1. The van der Waals surface area contributed by atoms with Crippen LogP contribution in [0.1, 0.15) is 42.6 Å². The highest BCUT2D eigenvalue weighted by molar-refractivity contribution is 5.95. The maximum atomic E-state index is 12.6. The Balaban J connectivity index is 1.95. The molecule has 0 bridgehead atoms. The minimum Gasteiger partial charge on any atom is -0.464 e. The van der Waals surface area contributed by atoms with Crippen LogP contribution in [0.5, 0.6) is 0 Å². The van der Waals surface area contributed by atoms with Gasteiger partial charge in [-0.2, -0.15) is 0 Å². The average molecular weight is 346 g/mol. The van der Waals surface area contributed by atoms with Gasteiger partial charge in [-0.1, -0.05) is 17.7 Å². The number of benzene rings is 1. The van der Waals surface area contributed by atoms with Crippen molar-refractivity contribution in [3.63, 3.8) is 0 Å². The van der Waals surface area contributed by atoms with Gasteiger partial charge in [0.1, 0.15) is 6.04 Å². The summed E-state index contributed by atoms with van der Waals surface area (Å²) < 4.78 is 4.90. The summed E-state index contributed by atoms with van der Waals surface area (Å²) in [4.78, 5) is 38.4. The van der Waals surface area contributed by atoms with Crippen molar-refractivity contribution >= 4 is 17.8 Å². The lowest BCUT2D eigenvalue weighted by Crippen LogP contribution is -2.48. The Morgan fingerprint density at radius 3 is 2.60 bits per heavy atom. The first-order valence-electron chi connectivity index (χ1n) is 8.75. The molecule has 6 nitrogen and oxygen atoms in total. The van der Waals surface area contributed by atoms with Crippen molar-refractivity contribution < 1.29 is 19.1 Å². The molecule has 1 saturated heterocycles. The zero-order valence-electron chi connectivity index (χ0n) is 15.1. The second-order valence-electron chi connectivity index (χ2n) is 6.44. The lowest BCUT2D eigenvalue weighted by Gasteiger charge is -2.32. The lowest BCUT2D eigenvalue weighted by molar-refractivity contribution is -0.147. The van der Waals surface area contributed by atoms with Crippen LogP contribution in [-0.2, 0) is 14.3 Å². The van der Waals surface area contributed by atoms with E-state index in [4.69, 9.17) is 4.74 Å². The molecule has 0 unspecified atom stereocenters. The van der Waals surface area contributed by atoms with Crippen LogP contribution >= 0.6 is 0 Å². The first-order valence-corrected chi connectivity index (χ1v) is 8.75. The predicted octanol–water partition coefficient (Wildman–Crippen LogP) is 1.92. The number of esters is 1. The number of hydrogen-bond donors (Lipinski definition) is 1. The Hall–Kier alpha value is -2.37. The Kier molecular flexibility index (Phi) is 6.56. The molecule has 1 N–H and O–H groups in total. The Bertz CT molecular complexity index is 627. The molecule has 0 spiro atoms. The minimum atomic E-state index is -0.685. The summed E-state index contributed by atoms with van der Waals surface area (Å²) >= 11 is 0. The number of hydrogen-bond acceptors (Lipinski definition) is 4. The molecular formula is C19H26N2O4. The number of aryl methyl sites for hydroxylation is 1. The molecule has 2 amide bonds. The predicted molar refractivity (Wildman–Crippen MR) is 94.0 cm³/mol. The summed E-state index contributed by atoms with van der Waals surface area (Å²) in [5.74, 6) is -1.02. The molecule has 1 aliphatic heterocycles. The van der Waals surface area contributed by atoms with E-state index in [2.05, 4.69) is 5.32 Å². The first-order chi connectivity index (χ1) is 11.9. The SMILES string of the molecule is CCOC(=O)[C@H](C)NC(=O)[C@H]1CCCN(C(=O)c2ccc(C)cc2)C1. The maximum Gasteiger partial charge on any atom is 0.328 e. The van der Waals surface area contributed by atoms with Gasteiger partial charge in [-0.05, 0) is 45.7 Å². The van der Waals surface area contributed by atoms with E-state index in [-0.39, 0.29) is 24.3 Å². The van der Waals surface area contributed by atoms with Gasteiger partial charge in [0.05, 0.1) is 12.5 Å². The molecule has 2 rings (SSSR count). The van der Waals surface area contributed by atoms with Crippen molar-refractivity contribution in [1.29, 1.82) is 0 Å². The summed E-state index contributed by atoms with van der Waals surface area (Å²) in [6.07, 6.45) is 1.47. The fraction of sp³-hybridized carbons (Fsp3) is 0.526. The van der Waals surface area contributed by atoms with Gasteiger partial charge in [0.15, 0.2) is 0 Å². The highest BCUT2D eigenvalue weighted by Crippen LogP contribution is 2.19. The molecule has 1 aliphatic rings. The number of ether oxygens (including phenoxy) is 1. The Labute approximate surface area is 148 Å². The molecule has 0 radical (unpaired) electrons. The summed E-state index contributed by atoms with van der Waals surface area (Å²) in [6.45, 7) is 6.59. The third-order valence-corrected chi connectivity index (χ3v) is 4.38. The van der Waals surface area contributed by atoms with Crippen molar-refractivity contribution in [2.24, 2.45) is 5.92 Å². The quantitative estimate of drug-likeness (QED) is 0.827. The fourth-order valence-corrected chi connectivity index (χ4v) is 2.91. The van der Waals surface area contributed by atoms with Crippen molar-refractivity contribution in [3.05, 3.63) is 35.4 Å². The number of likely N-dealkylation sites (tertiary alicyclic amines) is 1. The van der Waals surface area contributed by atoms with Crippen molar-refractivity contribution in [2.75, 3.05) is 19.7 Å². The number of piperidine rings is 1. The van der Waals surface area contributed by atoms with Gasteiger partial charge in [0.25, 0.3) is 5.91 Å². The van der Waals surface area contributed by atoms with Crippen LogP contribution < -0.4 is 5.32 Å². The standard InChI is InChI=1S/C19H26N2O4/c1-4-25-19(24)14(3)20-17(22)16-6-5-11-21(12-16)18(23)15-9-7-13(2)8-10-15/h7-10,14,16H,4-6,11-12H2,1-3H3,(H,20,22)/t14-,16-/m0/s1. The van der Waals surface area contributed by atoms with Crippen LogP contribution in [0.4, 0.5) is 0 Å². The molecule has 1 aromatic rings. The second-order valence-corrected chi connectivity index (χ2v) is 6.44. The van der Waals surface area contributed by atoms with Crippen LogP contribution in [0.3, 0.4) is 0 Å². The summed E-state index contributed by atoms with van der Waals surface area (Å²) in [6, 6.07) is 6.75. The third kappa shape index (κ3) is 5.05. The first kappa shape index (κ1) is 19.0. The summed E-state index contributed by atoms with van der Waals surface area (Å²) in [5, 5.41) is 2.69. The zero-order valence-corrected chi connectivity index (χ0v) is 15.1. The highest BCUT2D eigenvalue weighted by atomic mass is 16.5. The van der Waals surface area contributed by atoms with E-state index in [1.807, 2.05) is 31.2 Å². The van der Waals surface area contributed by atoms with Crippen molar-refractivity contribution in [3.8, 4) is 0 Å². The maximum absolute atomic E-state index is 12.6. The van der Waals surface area contributed by atoms with Crippen LogP contribution in [0, 0.1) is 12.8 Å². The van der Waals surface area contributed by atoms with Gasteiger partial charge < -0.3 is 15.0 Å². The van der Waals surface area contributed by atoms with E-state index in [9.17, 15) is 14.4 Å². The van der Waals surface area contributed by atoms with Crippen LogP contribution in [-0.4, -0.2) is 48.4 Å². The molecule has 1 heterocycles. The summed E-state index contributed by atoms with van der Waals surface area (Å²) in [7, 11) is 0. The van der Waals surface area contributed by atoms with Gasteiger partial charge in [0, 0.05) is 18.7 Å². The second kappa shape index (κ2) is 8.65. The van der Waals surface area contributed by atoms with Crippen LogP contribution in [0.25, 0.3) is 0 Å². The number of rotatable bonds is 5. The van der Waals surface area contributed by atoms with E-state index in [1.165, 1.54) is 0 Å². The molecule has 136 valence electrons. The molecular weight excluding hydrogens is 320 g/mol. The van der Waals surface area contributed by atoms with Crippen molar-refractivity contribution in [1.82, 2.24) is 10.2 Å². The van der Waals surface area contributed by atoms with Gasteiger partial charge in [-0.25, -0.2) is 4.79 Å². The van der Waals surface area contributed by atoms with Crippen LogP contribution in [0.15, 0.2) is 24.3 Å². The molecule has 0 saturated carbocycles. The highest BCUT2D eigenvalue weighted by Gasteiger charge is 2.30.